The molecule has 0 spiro atoms. The third-order valence-corrected chi connectivity index (χ3v) is 1.67. The Morgan fingerprint density at radius 3 is 2.80 bits per heavy atom. The van der Waals surface area contributed by atoms with E-state index in [9.17, 15) is 9.59 Å². The quantitative estimate of drug-likeness (QED) is 0.228. The molecule has 5 nitrogen and oxygen atoms in total. The van der Waals surface area contributed by atoms with Crippen LogP contribution in [0.1, 0.15) is 39.5 Å². The number of carbonyl (C=O) groups excluding carboxylic acids is 2. The first-order valence-corrected chi connectivity index (χ1v) is 5.10. The second kappa shape index (κ2) is 9.18. The number of hydrogen-bond donors (Lipinski definition) is 1. The highest BCUT2D eigenvalue weighted by molar-refractivity contribution is 5.79. The number of unbranched alkanes of at least 4 members (excludes halogenated alkanes) is 2. The molecule has 5 heteroatoms. The molecule has 0 aliphatic carbocycles. The Labute approximate surface area is 89.9 Å². The highest BCUT2D eigenvalue weighted by Gasteiger charge is 1.99. The standard InChI is InChI=1S/C10H18N2O3/c1-3-15-9(2)11-12-10(14)7-5-4-6-8-13/h8H,3-7H2,1-2H3,(H,12,14)/b11-9+. The first kappa shape index (κ1) is 13.6. The van der Waals surface area contributed by atoms with E-state index in [4.69, 9.17) is 4.74 Å². The molecule has 0 aromatic heterocycles. The molecule has 0 atom stereocenters. The molecule has 15 heavy (non-hydrogen) atoms. The van der Waals surface area contributed by atoms with E-state index in [1.807, 2.05) is 6.92 Å². The van der Waals surface area contributed by atoms with Crippen molar-refractivity contribution < 1.29 is 14.3 Å². The Hall–Kier alpha value is -1.39. The predicted octanol–water partition coefficient (Wildman–Crippen LogP) is 1.23. The summed E-state index contributed by atoms with van der Waals surface area (Å²) in [5.74, 6) is 0.290. The van der Waals surface area contributed by atoms with Crippen molar-refractivity contribution in [3.8, 4) is 0 Å². The average Bonchev–Trinajstić information content (AvgIpc) is 2.22. The fourth-order valence-corrected chi connectivity index (χ4v) is 0.951. The number of ether oxygens (including phenoxy) is 1. The summed E-state index contributed by atoms with van der Waals surface area (Å²) in [6, 6.07) is 0. The Balaban J connectivity index is 3.56. The van der Waals surface area contributed by atoms with E-state index in [-0.39, 0.29) is 5.91 Å². The minimum atomic E-state index is -0.153. The molecule has 0 fully saturated rings. The minimum absolute atomic E-state index is 0.153. The molecule has 0 rings (SSSR count). The zero-order chi connectivity index (χ0) is 11.5. The Morgan fingerprint density at radius 2 is 2.20 bits per heavy atom. The van der Waals surface area contributed by atoms with Crippen molar-refractivity contribution in [2.45, 2.75) is 39.5 Å². The van der Waals surface area contributed by atoms with Gasteiger partial charge in [0.2, 0.25) is 11.8 Å². The van der Waals surface area contributed by atoms with Crippen LogP contribution in [0.3, 0.4) is 0 Å². The van der Waals surface area contributed by atoms with Crippen LogP contribution in [-0.2, 0) is 14.3 Å². The molecule has 0 aliphatic heterocycles. The maximum atomic E-state index is 11.2. The van der Waals surface area contributed by atoms with E-state index in [0.717, 1.165) is 12.7 Å². The van der Waals surface area contributed by atoms with Crippen LogP contribution in [0.25, 0.3) is 0 Å². The fourth-order valence-electron chi connectivity index (χ4n) is 0.951. The summed E-state index contributed by atoms with van der Waals surface area (Å²) < 4.78 is 5.02. The van der Waals surface area contributed by atoms with Crippen LogP contribution in [0, 0.1) is 0 Å². The lowest BCUT2D eigenvalue weighted by Gasteiger charge is -2.02. The number of hydrogen-bond acceptors (Lipinski definition) is 4. The summed E-state index contributed by atoms with van der Waals surface area (Å²) in [6.07, 6.45) is 3.19. The van der Waals surface area contributed by atoms with Gasteiger partial charge in [-0.2, -0.15) is 0 Å². The molecule has 0 aromatic rings. The molecule has 1 N–H and O–H groups in total. The van der Waals surface area contributed by atoms with Crippen LogP contribution in [0.5, 0.6) is 0 Å². The van der Waals surface area contributed by atoms with Gasteiger partial charge in [0.05, 0.1) is 6.61 Å². The van der Waals surface area contributed by atoms with E-state index in [0.29, 0.717) is 31.8 Å². The Bertz CT molecular complexity index is 227. The zero-order valence-electron chi connectivity index (χ0n) is 9.28. The minimum Gasteiger partial charge on any atom is -0.480 e. The van der Waals surface area contributed by atoms with E-state index in [2.05, 4.69) is 10.5 Å². The van der Waals surface area contributed by atoms with Crippen LogP contribution in [0.4, 0.5) is 0 Å². The average molecular weight is 214 g/mol. The number of carbonyl (C=O) groups is 2. The number of nitrogens with one attached hydrogen (secondary N) is 1. The highest BCUT2D eigenvalue weighted by atomic mass is 16.5. The number of amides is 1. The molecule has 0 radical (unpaired) electrons. The largest absolute Gasteiger partial charge is 0.480 e. The number of aldehydes is 1. The van der Waals surface area contributed by atoms with Gasteiger partial charge in [-0.15, -0.1) is 5.10 Å². The molecular formula is C10H18N2O3. The van der Waals surface area contributed by atoms with Gasteiger partial charge in [-0.3, -0.25) is 4.79 Å². The Morgan fingerprint density at radius 1 is 1.47 bits per heavy atom. The van der Waals surface area contributed by atoms with Crippen molar-refractivity contribution in [3.63, 3.8) is 0 Å². The van der Waals surface area contributed by atoms with Gasteiger partial charge >= 0.3 is 0 Å². The molecule has 0 saturated heterocycles. The maximum Gasteiger partial charge on any atom is 0.240 e. The third kappa shape index (κ3) is 8.93. The topological polar surface area (TPSA) is 67.8 Å². The summed E-state index contributed by atoms with van der Waals surface area (Å²) >= 11 is 0. The normalized spacial score (nSPS) is 10.9. The van der Waals surface area contributed by atoms with E-state index >= 15 is 0 Å². The van der Waals surface area contributed by atoms with Crippen molar-refractivity contribution in [1.29, 1.82) is 0 Å². The summed E-state index contributed by atoms with van der Waals surface area (Å²) in [7, 11) is 0. The smallest absolute Gasteiger partial charge is 0.240 e. The van der Waals surface area contributed by atoms with Gasteiger partial charge in [0, 0.05) is 19.8 Å². The van der Waals surface area contributed by atoms with Gasteiger partial charge in [-0.05, 0) is 19.8 Å². The lowest BCUT2D eigenvalue weighted by atomic mass is 10.2. The monoisotopic (exact) mass is 214 g/mol. The number of nitrogens with zero attached hydrogens (tertiary/aromatic N) is 1. The first-order chi connectivity index (χ1) is 7.20. The van der Waals surface area contributed by atoms with E-state index in [1.54, 1.807) is 6.92 Å². The van der Waals surface area contributed by atoms with Gasteiger partial charge in [-0.1, -0.05) is 0 Å². The highest BCUT2D eigenvalue weighted by Crippen LogP contribution is 1.97. The third-order valence-electron chi connectivity index (χ3n) is 1.67. The molecule has 1 amide bonds. The molecular weight excluding hydrogens is 196 g/mol. The molecule has 86 valence electrons. The van der Waals surface area contributed by atoms with Crippen LogP contribution < -0.4 is 5.43 Å². The van der Waals surface area contributed by atoms with Gasteiger partial charge in [0.1, 0.15) is 6.29 Å². The summed E-state index contributed by atoms with van der Waals surface area (Å²) in [4.78, 5) is 21.2. The molecule has 0 aliphatic rings. The van der Waals surface area contributed by atoms with Crippen LogP contribution in [0.2, 0.25) is 0 Å². The molecule has 0 unspecified atom stereocenters. The summed E-state index contributed by atoms with van der Waals surface area (Å²) in [6.45, 7) is 4.06. The van der Waals surface area contributed by atoms with Crippen LogP contribution in [0.15, 0.2) is 5.10 Å². The van der Waals surface area contributed by atoms with Gasteiger partial charge in [-0.25, -0.2) is 5.43 Å². The van der Waals surface area contributed by atoms with E-state index in [1.165, 1.54) is 0 Å². The Kier molecular flexibility index (Phi) is 8.33. The number of hydrazone groups is 1. The van der Waals surface area contributed by atoms with Crippen LogP contribution in [-0.4, -0.2) is 24.7 Å². The molecule has 0 saturated carbocycles. The predicted molar refractivity (Wildman–Crippen MR) is 57.4 cm³/mol. The van der Waals surface area contributed by atoms with Crippen molar-refractivity contribution in [2.24, 2.45) is 5.10 Å². The first-order valence-electron chi connectivity index (χ1n) is 5.10. The van der Waals surface area contributed by atoms with Crippen LogP contribution >= 0.6 is 0 Å². The molecule has 0 aromatic carbocycles. The lowest BCUT2D eigenvalue weighted by molar-refractivity contribution is -0.121. The van der Waals surface area contributed by atoms with Crippen molar-refractivity contribution >= 4 is 18.1 Å². The van der Waals surface area contributed by atoms with Crippen molar-refractivity contribution in [2.75, 3.05) is 6.61 Å². The summed E-state index contributed by atoms with van der Waals surface area (Å²) in [5.41, 5.74) is 2.38. The summed E-state index contributed by atoms with van der Waals surface area (Å²) in [5, 5.41) is 3.74. The second-order valence-corrected chi connectivity index (χ2v) is 3.01. The van der Waals surface area contributed by atoms with E-state index < -0.39 is 0 Å². The van der Waals surface area contributed by atoms with Crippen molar-refractivity contribution in [1.82, 2.24) is 5.43 Å². The maximum absolute atomic E-state index is 11.2. The second-order valence-electron chi connectivity index (χ2n) is 3.01. The van der Waals surface area contributed by atoms with Gasteiger partial charge in [0.25, 0.3) is 0 Å². The van der Waals surface area contributed by atoms with Gasteiger partial charge < -0.3 is 9.53 Å². The lowest BCUT2D eigenvalue weighted by Crippen LogP contribution is -2.19. The molecule has 0 heterocycles. The molecule has 0 bridgehead atoms. The SMILES string of the molecule is CCO/C(C)=N/NC(=O)CCCCC=O. The van der Waals surface area contributed by atoms with Gasteiger partial charge in [0.15, 0.2) is 0 Å². The van der Waals surface area contributed by atoms with Crippen molar-refractivity contribution in [3.05, 3.63) is 0 Å². The fraction of sp³-hybridized carbons (Fsp3) is 0.700. The zero-order valence-corrected chi connectivity index (χ0v) is 9.28. The number of rotatable bonds is 7.